The van der Waals surface area contributed by atoms with E-state index in [4.69, 9.17) is 0 Å². The lowest BCUT2D eigenvalue weighted by Crippen LogP contribution is -2.36. The molecule has 1 aromatic rings. The monoisotopic (exact) mass is 352 g/mol. The third-order valence-corrected chi connectivity index (χ3v) is 5.69. The summed E-state index contributed by atoms with van der Waals surface area (Å²) in [6.07, 6.45) is 1.80. The van der Waals surface area contributed by atoms with Crippen molar-refractivity contribution in [3.05, 3.63) is 41.5 Å². The first-order valence-electron chi connectivity index (χ1n) is 8.91. The van der Waals surface area contributed by atoms with Crippen molar-refractivity contribution in [2.75, 3.05) is 13.1 Å². The van der Waals surface area contributed by atoms with Crippen LogP contribution in [0.5, 0.6) is 0 Å². The van der Waals surface area contributed by atoms with Gasteiger partial charge in [-0.05, 0) is 24.0 Å². The van der Waals surface area contributed by atoms with Gasteiger partial charge in [-0.2, -0.15) is 0 Å². The first-order valence-corrected chi connectivity index (χ1v) is 8.91. The quantitative estimate of drug-likeness (QED) is 0.835. The van der Waals surface area contributed by atoms with E-state index in [0.717, 1.165) is 11.1 Å². The lowest BCUT2D eigenvalue weighted by Gasteiger charge is -2.20. The standard InChI is InChI=1S/C20H20N2O4/c23-16-7-6-14(13-4-2-1-3-5-13)15(16)10-18(25)22-9-8-20(12-22)11-17(24)21-19(20)26/h1-5H,6-12H2,(H,21,24,26). The van der Waals surface area contributed by atoms with Gasteiger partial charge in [0.15, 0.2) is 5.78 Å². The number of carbonyl (C=O) groups excluding carboxylic acids is 4. The zero-order valence-corrected chi connectivity index (χ0v) is 14.4. The maximum atomic E-state index is 12.8. The number of hydrogen-bond acceptors (Lipinski definition) is 4. The molecule has 2 saturated heterocycles. The SMILES string of the molecule is O=C1CC2(CCN(C(=O)CC3=C(c4ccccc4)CCC3=O)C2)C(=O)N1. The molecule has 2 aliphatic heterocycles. The van der Waals surface area contributed by atoms with E-state index in [1.807, 2.05) is 30.3 Å². The van der Waals surface area contributed by atoms with E-state index in [1.54, 1.807) is 4.90 Å². The Labute approximate surface area is 151 Å². The van der Waals surface area contributed by atoms with E-state index < -0.39 is 5.41 Å². The van der Waals surface area contributed by atoms with Gasteiger partial charge in [-0.3, -0.25) is 24.5 Å². The second kappa shape index (κ2) is 6.20. The van der Waals surface area contributed by atoms with E-state index in [2.05, 4.69) is 5.32 Å². The molecule has 2 heterocycles. The van der Waals surface area contributed by atoms with Crippen molar-refractivity contribution in [2.45, 2.75) is 32.1 Å². The number of Topliss-reactive ketones (excluding diaryl/α,β-unsaturated/α-hetero) is 1. The molecule has 2 fully saturated rings. The van der Waals surface area contributed by atoms with E-state index in [0.29, 0.717) is 31.4 Å². The molecule has 0 bridgehead atoms. The number of imide groups is 1. The lowest BCUT2D eigenvalue weighted by atomic mass is 9.85. The van der Waals surface area contributed by atoms with Crippen LogP contribution in [0.3, 0.4) is 0 Å². The van der Waals surface area contributed by atoms with Crippen LogP contribution in [0.25, 0.3) is 5.57 Å². The normalized spacial score (nSPS) is 25.5. The number of rotatable bonds is 3. The Bertz CT molecular complexity index is 843. The molecule has 26 heavy (non-hydrogen) atoms. The second-order valence-electron chi connectivity index (χ2n) is 7.32. The highest BCUT2D eigenvalue weighted by Gasteiger charge is 2.51. The van der Waals surface area contributed by atoms with E-state index in [9.17, 15) is 19.2 Å². The number of nitrogens with one attached hydrogen (secondary N) is 1. The molecular formula is C20H20N2O4. The third-order valence-electron chi connectivity index (χ3n) is 5.69. The fourth-order valence-electron chi connectivity index (χ4n) is 4.24. The topological polar surface area (TPSA) is 83.6 Å². The molecule has 1 spiro atoms. The Morgan fingerprint density at radius 2 is 1.88 bits per heavy atom. The molecule has 1 atom stereocenters. The molecule has 0 aromatic heterocycles. The summed E-state index contributed by atoms with van der Waals surface area (Å²) in [4.78, 5) is 50.3. The molecule has 3 amide bonds. The summed E-state index contributed by atoms with van der Waals surface area (Å²) in [5.74, 6) is -0.670. The summed E-state index contributed by atoms with van der Waals surface area (Å²) >= 11 is 0. The van der Waals surface area contributed by atoms with Gasteiger partial charge in [0, 0.05) is 31.5 Å². The van der Waals surface area contributed by atoms with Crippen LogP contribution in [-0.4, -0.2) is 41.5 Å². The number of benzene rings is 1. The molecule has 4 rings (SSSR count). The van der Waals surface area contributed by atoms with Gasteiger partial charge < -0.3 is 4.90 Å². The Morgan fingerprint density at radius 3 is 2.58 bits per heavy atom. The minimum absolute atomic E-state index is 0.0277. The third kappa shape index (κ3) is 2.75. The van der Waals surface area contributed by atoms with Gasteiger partial charge >= 0.3 is 0 Å². The van der Waals surface area contributed by atoms with Crippen molar-refractivity contribution in [2.24, 2.45) is 5.41 Å². The fourth-order valence-corrected chi connectivity index (χ4v) is 4.24. The fraction of sp³-hybridized carbons (Fsp3) is 0.400. The molecule has 1 unspecified atom stereocenters. The number of likely N-dealkylation sites (tertiary alicyclic amines) is 1. The highest BCUT2D eigenvalue weighted by molar-refractivity contribution is 6.10. The molecule has 3 aliphatic rings. The first-order chi connectivity index (χ1) is 12.5. The largest absolute Gasteiger partial charge is 0.341 e. The number of amides is 3. The van der Waals surface area contributed by atoms with E-state index in [-0.39, 0.29) is 42.9 Å². The molecule has 6 heteroatoms. The van der Waals surface area contributed by atoms with E-state index >= 15 is 0 Å². The Kier molecular flexibility index (Phi) is 3.98. The van der Waals surface area contributed by atoms with Crippen molar-refractivity contribution in [1.29, 1.82) is 0 Å². The highest BCUT2D eigenvalue weighted by Crippen LogP contribution is 2.39. The summed E-state index contributed by atoms with van der Waals surface area (Å²) in [5.41, 5.74) is 1.75. The Morgan fingerprint density at radius 1 is 1.12 bits per heavy atom. The summed E-state index contributed by atoms with van der Waals surface area (Å²) in [7, 11) is 0. The number of allylic oxidation sites excluding steroid dienone is 1. The summed E-state index contributed by atoms with van der Waals surface area (Å²) in [6, 6.07) is 9.67. The van der Waals surface area contributed by atoms with Crippen LogP contribution in [0, 0.1) is 5.41 Å². The van der Waals surface area contributed by atoms with Gasteiger partial charge in [0.2, 0.25) is 17.7 Å². The van der Waals surface area contributed by atoms with Gasteiger partial charge in [0.1, 0.15) is 0 Å². The molecule has 0 radical (unpaired) electrons. The number of carbonyl (C=O) groups is 4. The zero-order valence-electron chi connectivity index (χ0n) is 14.4. The predicted octanol–water partition coefficient (Wildman–Crippen LogP) is 1.46. The molecule has 1 N–H and O–H groups in total. The highest BCUT2D eigenvalue weighted by atomic mass is 16.2. The van der Waals surface area contributed by atoms with Crippen molar-refractivity contribution in [3.63, 3.8) is 0 Å². The molecule has 1 aliphatic carbocycles. The van der Waals surface area contributed by atoms with Crippen LogP contribution >= 0.6 is 0 Å². The van der Waals surface area contributed by atoms with Crippen LogP contribution in [-0.2, 0) is 19.2 Å². The molecule has 6 nitrogen and oxygen atoms in total. The maximum absolute atomic E-state index is 12.8. The zero-order chi connectivity index (χ0) is 18.3. The van der Waals surface area contributed by atoms with Gasteiger partial charge in [0.25, 0.3) is 0 Å². The van der Waals surface area contributed by atoms with Crippen molar-refractivity contribution in [1.82, 2.24) is 10.2 Å². The van der Waals surface area contributed by atoms with Gasteiger partial charge in [-0.25, -0.2) is 0 Å². The van der Waals surface area contributed by atoms with E-state index in [1.165, 1.54) is 0 Å². The predicted molar refractivity (Wildman–Crippen MR) is 93.6 cm³/mol. The van der Waals surface area contributed by atoms with Gasteiger partial charge in [-0.15, -0.1) is 0 Å². The maximum Gasteiger partial charge on any atom is 0.235 e. The lowest BCUT2D eigenvalue weighted by molar-refractivity contribution is -0.132. The van der Waals surface area contributed by atoms with Crippen LogP contribution in [0.4, 0.5) is 0 Å². The summed E-state index contributed by atoms with van der Waals surface area (Å²) in [5, 5.41) is 2.34. The molecule has 134 valence electrons. The van der Waals surface area contributed by atoms with Gasteiger partial charge in [0.05, 0.1) is 11.8 Å². The number of ketones is 1. The molecule has 0 saturated carbocycles. The molecule has 1 aromatic carbocycles. The Balaban J connectivity index is 1.52. The van der Waals surface area contributed by atoms with Crippen LogP contribution in [0.2, 0.25) is 0 Å². The van der Waals surface area contributed by atoms with Crippen LogP contribution < -0.4 is 5.32 Å². The van der Waals surface area contributed by atoms with Crippen molar-refractivity contribution in [3.8, 4) is 0 Å². The van der Waals surface area contributed by atoms with Crippen LogP contribution in [0.1, 0.15) is 37.7 Å². The smallest absolute Gasteiger partial charge is 0.235 e. The summed E-state index contributed by atoms with van der Waals surface area (Å²) in [6.45, 7) is 0.702. The number of nitrogens with zero attached hydrogens (tertiary/aromatic N) is 1. The van der Waals surface area contributed by atoms with Crippen molar-refractivity contribution >= 4 is 29.1 Å². The molecular weight excluding hydrogens is 332 g/mol. The first kappa shape index (κ1) is 16.7. The van der Waals surface area contributed by atoms with Gasteiger partial charge in [-0.1, -0.05) is 30.3 Å². The minimum atomic E-state index is -0.775. The summed E-state index contributed by atoms with van der Waals surface area (Å²) < 4.78 is 0. The second-order valence-corrected chi connectivity index (χ2v) is 7.32. The Hall–Kier alpha value is -2.76. The minimum Gasteiger partial charge on any atom is -0.341 e. The van der Waals surface area contributed by atoms with Crippen molar-refractivity contribution < 1.29 is 19.2 Å². The average Bonchev–Trinajstić information content (AvgIpc) is 3.28. The van der Waals surface area contributed by atoms with Crippen LogP contribution in [0.15, 0.2) is 35.9 Å². The average molecular weight is 352 g/mol. The number of hydrogen-bond donors (Lipinski definition) is 1.